The molecule has 22 heavy (non-hydrogen) atoms. The van der Waals surface area contributed by atoms with Crippen LogP contribution >= 0.6 is 12.2 Å². The van der Waals surface area contributed by atoms with E-state index in [1.807, 2.05) is 0 Å². The van der Waals surface area contributed by atoms with Crippen LogP contribution in [0, 0.1) is 0 Å². The van der Waals surface area contributed by atoms with E-state index in [1.165, 1.54) is 51.0 Å². The van der Waals surface area contributed by atoms with Crippen LogP contribution in [0.5, 0.6) is 0 Å². The fourth-order valence-electron chi connectivity index (χ4n) is 2.38. The molecule has 0 atom stereocenters. The fourth-order valence-corrected chi connectivity index (χ4v) is 5.02. The van der Waals surface area contributed by atoms with Gasteiger partial charge in [0.2, 0.25) is 0 Å². The summed E-state index contributed by atoms with van der Waals surface area (Å²) in [6, 6.07) is 1.32. The van der Waals surface area contributed by atoms with Crippen molar-refractivity contribution in [2.24, 2.45) is 0 Å². The average Bonchev–Trinajstić information content (AvgIpc) is 2.37. The van der Waals surface area contributed by atoms with Gasteiger partial charge in [0, 0.05) is 12.5 Å². The largest absolute Gasteiger partial charge is 0.502 e. The van der Waals surface area contributed by atoms with Crippen LogP contribution in [0.1, 0.15) is 85.5 Å². The molecule has 0 heterocycles. The number of aliphatic hydroxyl groups excluding tert-OH is 1. The van der Waals surface area contributed by atoms with E-state index < -0.39 is 8.32 Å². The second-order valence-electron chi connectivity index (χ2n) is 6.94. The third-order valence-electron chi connectivity index (χ3n) is 3.43. The van der Waals surface area contributed by atoms with Gasteiger partial charge in [-0.2, -0.15) is 0 Å². The second kappa shape index (κ2) is 15.9. The maximum atomic E-state index is 8.64. The predicted molar refractivity (Wildman–Crippen MR) is 107 cm³/mol. The van der Waals surface area contributed by atoms with Gasteiger partial charge < -0.3 is 9.53 Å². The lowest BCUT2D eigenvalue weighted by Crippen LogP contribution is -2.33. The molecular formula is C18H40O2SSi. The summed E-state index contributed by atoms with van der Waals surface area (Å²) in [5.74, 6) is 0. The molecule has 0 aliphatic heterocycles. The van der Waals surface area contributed by atoms with Crippen molar-refractivity contribution in [3.05, 3.63) is 0 Å². The molecular weight excluding hydrogens is 308 g/mol. The van der Waals surface area contributed by atoms with Gasteiger partial charge in [0.25, 0.3) is 0 Å². The molecule has 4 heteroatoms. The van der Waals surface area contributed by atoms with E-state index in [0.29, 0.717) is 12.5 Å². The Labute approximate surface area is 146 Å². The standard InChI is InChI=1S/C10H24OSi.C8H16OS/c1-6-7-8-9-12(4,5)11-10(2)3;1-2-3-4-5-6-7-8(9)10/h10H,6-9H2,1-5H3;2-7H2,1H3,(H,9,10). The zero-order chi connectivity index (χ0) is 17.4. The monoisotopic (exact) mass is 348 g/mol. The van der Waals surface area contributed by atoms with Gasteiger partial charge in [-0.1, -0.05) is 58.8 Å². The molecule has 0 saturated carbocycles. The molecule has 0 aliphatic rings. The first-order chi connectivity index (χ1) is 10.2. The lowest BCUT2D eigenvalue weighted by atomic mass is 10.1. The number of rotatable bonds is 12. The maximum Gasteiger partial charge on any atom is 0.187 e. The summed E-state index contributed by atoms with van der Waals surface area (Å²) in [6.07, 6.45) is 11.2. The topological polar surface area (TPSA) is 29.5 Å². The highest BCUT2D eigenvalue weighted by Crippen LogP contribution is 2.17. The fraction of sp³-hybridized carbons (Fsp3) is 0.944. The summed E-state index contributed by atoms with van der Waals surface area (Å²) in [5, 5.41) is 8.80. The Morgan fingerprint density at radius 2 is 1.45 bits per heavy atom. The SMILES string of the molecule is CCCCCCCC(O)=S.CCCCC[Si](C)(C)OC(C)C. The Balaban J connectivity index is 0. The number of unbranched alkanes of at least 4 members (excludes halogenated alkanes) is 6. The van der Waals surface area contributed by atoms with Crippen LogP contribution in [0.25, 0.3) is 0 Å². The molecule has 0 aromatic heterocycles. The van der Waals surface area contributed by atoms with Crippen LogP contribution in [0.3, 0.4) is 0 Å². The molecule has 0 radical (unpaired) electrons. The van der Waals surface area contributed by atoms with E-state index in [2.05, 4.69) is 53.0 Å². The number of hydrogen-bond acceptors (Lipinski definition) is 2. The van der Waals surface area contributed by atoms with Crippen LogP contribution in [0.4, 0.5) is 0 Å². The normalized spacial score (nSPS) is 11.2. The molecule has 0 aromatic carbocycles. The van der Waals surface area contributed by atoms with Crippen molar-refractivity contribution >= 4 is 25.6 Å². The molecule has 0 bridgehead atoms. The van der Waals surface area contributed by atoms with Crippen molar-refractivity contribution in [2.45, 2.75) is 111 Å². The van der Waals surface area contributed by atoms with Crippen LogP contribution in [0.15, 0.2) is 0 Å². The first-order valence-corrected chi connectivity index (χ1v) is 12.7. The summed E-state index contributed by atoms with van der Waals surface area (Å²) in [7, 11) is -1.30. The van der Waals surface area contributed by atoms with E-state index in [4.69, 9.17) is 9.53 Å². The van der Waals surface area contributed by atoms with Gasteiger partial charge in [0.15, 0.2) is 13.4 Å². The minimum atomic E-state index is -1.30. The lowest BCUT2D eigenvalue weighted by molar-refractivity contribution is 0.230. The van der Waals surface area contributed by atoms with Gasteiger partial charge in [-0.3, -0.25) is 0 Å². The quantitative estimate of drug-likeness (QED) is 0.233. The van der Waals surface area contributed by atoms with Crippen molar-refractivity contribution in [3.8, 4) is 0 Å². The van der Waals surface area contributed by atoms with Gasteiger partial charge in [0.05, 0.1) is 0 Å². The van der Waals surface area contributed by atoms with E-state index in [0.717, 1.165) is 6.42 Å². The summed E-state index contributed by atoms with van der Waals surface area (Å²) in [6.45, 7) is 13.4. The van der Waals surface area contributed by atoms with Crippen molar-refractivity contribution in [2.75, 3.05) is 0 Å². The molecule has 134 valence electrons. The highest BCUT2D eigenvalue weighted by atomic mass is 32.1. The molecule has 0 fully saturated rings. The van der Waals surface area contributed by atoms with Crippen LogP contribution < -0.4 is 0 Å². The second-order valence-corrected chi connectivity index (χ2v) is 11.7. The van der Waals surface area contributed by atoms with Crippen molar-refractivity contribution in [1.82, 2.24) is 0 Å². The number of aliphatic hydroxyl groups is 1. The first-order valence-electron chi connectivity index (χ1n) is 9.14. The Kier molecular flexibility index (Phi) is 17.6. The van der Waals surface area contributed by atoms with E-state index >= 15 is 0 Å². The maximum absolute atomic E-state index is 8.64. The predicted octanol–water partition coefficient (Wildman–Crippen LogP) is 7.04. The minimum Gasteiger partial charge on any atom is -0.502 e. The van der Waals surface area contributed by atoms with Crippen LogP contribution in [-0.2, 0) is 4.43 Å². The third kappa shape index (κ3) is 22.3. The summed E-state index contributed by atoms with van der Waals surface area (Å²) in [4.78, 5) is 0. The number of hydrogen-bond donors (Lipinski definition) is 1. The van der Waals surface area contributed by atoms with Gasteiger partial charge in [-0.05, 0) is 51.6 Å². The summed E-state index contributed by atoms with van der Waals surface area (Å²) < 4.78 is 5.92. The molecule has 0 aromatic rings. The Morgan fingerprint density at radius 1 is 0.955 bits per heavy atom. The molecule has 0 saturated heterocycles. The van der Waals surface area contributed by atoms with Gasteiger partial charge in [0.1, 0.15) is 0 Å². The van der Waals surface area contributed by atoms with Gasteiger partial charge in [-0.15, -0.1) is 0 Å². The average molecular weight is 349 g/mol. The van der Waals surface area contributed by atoms with Crippen LogP contribution in [0.2, 0.25) is 19.1 Å². The summed E-state index contributed by atoms with van der Waals surface area (Å²) in [5.41, 5.74) is 0. The minimum absolute atomic E-state index is 0.163. The van der Waals surface area contributed by atoms with Crippen molar-refractivity contribution in [3.63, 3.8) is 0 Å². The molecule has 0 rings (SSSR count). The van der Waals surface area contributed by atoms with Crippen molar-refractivity contribution < 1.29 is 9.53 Å². The molecule has 0 aliphatic carbocycles. The Bertz CT molecular complexity index is 255. The first kappa shape index (κ1) is 24.3. The molecule has 0 spiro atoms. The molecule has 0 unspecified atom stereocenters. The molecule has 2 nitrogen and oxygen atoms in total. The molecule has 0 amide bonds. The zero-order valence-electron chi connectivity index (χ0n) is 15.9. The third-order valence-corrected chi connectivity index (χ3v) is 6.30. The van der Waals surface area contributed by atoms with E-state index in [-0.39, 0.29) is 5.05 Å². The smallest absolute Gasteiger partial charge is 0.187 e. The summed E-state index contributed by atoms with van der Waals surface area (Å²) >= 11 is 4.53. The van der Waals surface area contributed by atoms with Gasteiger partial charge in [-0.25, -0.2) is 0 Å². The Morgan fingerprint density at radius 3 is 1.91 bits per heavy atom. The van der Waals surface area contributed by atoms with Crippen molar-refractivity contribution in [1.29, 1.82) is 0 Å². The highest BCUT2D eigenvalue weighted by Gasteiger charge is 2.22. The Hall–Kier alpha value is 0.0669. The van der Waals surface area contributed by atoms with Crippen LogP contribution in [-0.4, -0.2) is 24.6 Å². The zero-order valence-corrected chi connectivity index (χ0v) is 17.7. The lowest BCUT2D eigenvalue weighted by Gasteiger charge is -2.25. The highest BCUT2D eigenvalue weighted by molar-refractivity contribution is 7.80. The van der Waals surface area contributed by atoms with E-state index in [1.54, 1.807) is 0 Å². The number of thiocarbonyl (C=S) groups is 1. The molecule has 1 N–H and O–H groups in total. The van der Waals surface area contributed by atoms with E-state index in [9.17, 15) is 0 Å². The van der Waals surface area contributed by atoms with Gasteiger partial charge >= 0.3 is 0 Å².